The fourth-order valence-corrected chi connectivity index (χ4v) is 1.48. The van der Waals surface area contributed by atoms with Crippen LogP contribution in [0.15, 0.2) is 54.6 Å². The molecule has 2 rings (SSSR count). The predicted octanol–water partition coefficient (Wildman–Crippen LogP) is 3.83. The van der Waals surface area contributed by atoms with Crippen molar-refractivity contribution in [1.29, 1.82) is 0 Å². The number of anilines is 1. The van der Waals surface area contributed by atoms with Gasteiger partial charge in [-0.25, -0.2) is 0 Å². The molecule has 0 atom stereocenters. The van der Waals surface area contributed by atoms with E-state index >= 15 is 0 Å². The Hall–Kier alpha value is -1.67. The number of hydrogen-bond acceptors (Lipinski definition) is 2. The summed E-state index contributed by atoms with van der Waals surface area (Å²) < 4.78 is 5.62. The van der Waals surface area contributed by atoms with Gasteiger partial charge >= 0.3 is 0 Å². The fraction of sp³-hybridized carbons (Fsp3) is 0.0769. The third kappa shape index (κ3) is 2.91. The first-order chi connectivity index (χ1) is 7.88. The van der Waals surface area contributed by atoms with E-state index in [2.05, 4.69) is 4.84 Å². The summed E-state index contributed by atoms with van der Waals surface area (Å²) in [6.45, 7) is 0.578. The molecule has 0 bridgehead atoms. The molecule has 3 heteroatoms. The molecule has 2 aromatic carbocycles. The molecule has 0 aliphatic carbocycles. The Morgan fingerprint density at radius 2 is 1.62 bits per heavy atom. The van der Waals surface area contributed by atoms with Gasteiger partial charge in [0.25, 0.3) is 0 Å². The average molecular weight is 234 g/mol. The highest BCUT2D eigenvalue weighted by atomic mass is 35.5. The summed E-state index contributed by atoms with van der Waals surface area (Å²) in [6.07, 6.45) is 0. The largest absolute Gasteiger partial charge is 0.489 e. The minimum absolute atomic E-state index is 0.578. The van der Waals surface area contributed by atoms with Crippen molar-refractivity contribution in [2.75, 3.05) is 4.84 Å². The molecule has 2 aromatic rings. The lowest BCUT2D eigenvalue weighted by molar-refractivity contribution is 0.306. The molecule has 82 valence electrons. The van der Waals surface area contributed by atoms with Gasteiger partial charge in [-0.1, -0.05) is 30.3 Å². The number of benzene rings is 2. The summed E-state index contributed by atoms with van der Waals surface area (Å²) in [5.41, 5.74) is 2.01. The van der Waals surface area contributed by atoms with Crippen LogP contribution in [0.2, 0.25) is 0 Å². The minimum atomic E-state index is 0.578. The molecule has 0 spiro atoms. The molecule has 0 amide bonds. The van der Waals surface area contributed by atoms with Gasteiger partial charge in [0.2, 0.25) is 0 Å². The predicted molar refractivity (Wildman–Crippen MR) is 66.7 cm³/mol. The van der Waals surface area contributed by atoms with E-state index in [-0.39, 0.29) is 0 Å². The van der Waals surface area contributed by atoms with Crippen molar-refractivity contribution in [3.05, 3.63) is 60.2 Å². The summed E-state index contributed by atoms with van der Waals surface area (Å²) >= 11 is 5.46. The maximum atomic E-state index is 5.62. The van der Waals surface area contributed by atoms with Crippen molar-refractivity contribution >= 4 is 17.5 Å². The first-order valence-corrected chi connectivity index (χ1v) is 5.40. The van der Waals surface area contributed by atoms with Crippen molar-refractivity contribution in [3.63, 3.8) is 0 Å². The lowest BCUT2D eigenvalue weighted by Gasteiger charge is -2.06. The zero-order valence-electron chi connectivity index (χ0n) is 8.69. The van der Waals surface area contributed by atoms with Gasteiger partial charge in [-0.3, -0.25) is 4.84 Å². The minimum Gasteiger partial charge on any atom is -0.489 e. The smallest absolute Gasteiger partial charge is 0.119 e. The van der Waals surface area contributed by atoms with Crippen LogP contribution in [0.25, 0.3) is 0 Å². The van der Waals surface area contributed by atoms with Crippen LogP contribution < -0.4 is 9.57 Å². The van der Waals surface area contributed by atoms with Crippen molar-refractivity contribution < 1.29 is 4.74 Å². The van der Waals surface area contributed by atoms with Crippen LogP contribution in [-0.4, -0.2) is 0 Å². The summed E-state index contributed by atoms with van der Waals surface area (Å²) in [5, 5.41) is 0. The van der Waals surface area contributed by atoms with Gasteiger partial charge in [-0.15, -0.1) is 0 Å². The van der Waals surface area contributed by atoms with Gasteiger partial charge in [-0.05, 0) is 29.8 Å². The van der Waals surface area contributed by atoms with E-state index in [0.717, 1.165) is 17.0 Å². The second-order valence-corrected chi connectivity index (χ2v) is 3.58. The number of ether oxygens (including phenoxy) is 1. The van der Waals surface area contributed by atoms with Crippen LogP contribution in [0.1, 0.15) is 5.56 Å². The number of rotatable bonds is 4. The lowest BCUT2D eigenvalue weighted by Crippen LogP contribution is -1.94. The monoisotopic (exact) mass is 233 g/mol. The molecule has 0 heterocycles. The summed E-state index contributed by atoms with van der Waals surface area (Å²) in [5.74, 6) is 0.833. The topological polar surface area (TPSA) is 21.3 Å². The van der Waals surface area contributed by atoms with E-state index in [1.54, 1.807) is 0 Å². The normalized spacial score (nSPS) is 9.81. The molecule has 0 aliphatic heterocycles. The molecule has 0 aromatic heterocycles. The Kier molecular flexibility index (Phi) is 3.67. The van der Waals surface area contributed by atoms with Crippen molar-refractivity contribution in [3.8, 4) is 5.75 Å². The van der Waals surface area contributed by atoms with Crippen LogP contribution in [0, 0.1) is 0 Å². The summed E-state index contributed by atoms with van der Waals surface area (Å²) in [4.78, 5) is 2.54. The van der Waals surface area contributed by atoms with Crippen molar-refractivity contribution in [2.24, 2.45) is 0 Å². The highest BCUT2D eigenvalue weighted by Crippen LogP contribution is 2.17. The second kappa shape index (κ2) is 5.42. The zero-order chi connectivity index (χ0) is 11.2. The molecule has 0 fully saturated rings. The Labute approximate surface area is 99.9 Å². The van der Waals surface area contributed by atoms with E-state index in [1.807, 2.05) is 54.6 Å². The van der Waals surface area contributed by atoms with Crippen LogP contribution in [0.3, 0.4) is 0 Å². The van der Waals surface area contributed by atoms with Gasteiger partial charge < -0.3 is 4.74 Å². The zero-order valence-corrected chi connectivity index (χ0v) is 9.45. The van der Waals surface area contributed by atoms with Gasteiger partial charge in [0, 0.05) is 17.5 Å². The molecule has 0 aliphatic rings. The maximum Gasteiger partial charge on any atom is 0.119 e. The molecule has 0 saturated carbocycles. The Balaban J connectivity index is 1.94. The first-order valence-electron chi connectivity index (χ1n) is 5.02. The van der Waals surface area contributed by atoms with E-state index in [0.29, 0.717) is 6.61 Å². The Morgan fingerprint density at radius 1 is 0.938 bits per heavy atom. The standard InChI is InChI=1S/C13H12ClNO/c14-15-12-6-8-13(9-7-12)16-10-11-4-2-1-3-5-11/h1-9,15H,10H2. The molecule has 0 unspecified atom stereocenters. The van der Waals surface area contributed by atoms with Crippen molar-refractivity contribution in [2.45, 2.75) is 6.61 Å². The van der Waals surface area contributed by atoms with Gasteiger partial charge in [0.1, 0.15) is 12.4 Å². The molecular weight excluding hydrogens is 222 g/mol. The SMILES string of the molecule is ClNc1ccc(OCc2ccccc2)cc1. The van der Waals surface area contributed by atoms with Crippen LogP contribution >= 0.6 is 11.8 Å². The van der Waals surface area contributed by atoms with E-state index in [9.17, 15) is 0 Å². The molecule has 0 radical (unpaired) electrons. The van der Waals surface area contributed by atoms with Crippen molar-refractivity contribution in [1.82, 2.24) is 0 Å². The molecular formula is C13H12ClNO. The second-order valence-electron chi connectivity index (χ2n) is 3.39. The van der Waals surface area contributed by atoms with Gasteiger partial charge in [0.15, 0.2) is 0 Å². The van der Waals surface area contributed by atoms with Crippen LogP contribution in [0.5, 0.6) is 5.75 Å². The molecule has 16 heavy (non-hydrogen) atoms. The maximum absolute atomic E-state index is 5.62. The van der Waals surface area contributed by atoms with Crippen LogP contribution in [-0.2, 0) is 6.61 Å². The number of nitrogens with one attached hydrogen (secondary N) is 1. The number of halogens is 1. The third-order valence-electron chi connectivity index (χ3n) is 2.21. The number of hydrogen-bond donors (Lipinski definition) is 1. The quantitative estimate of drug-likeness (QED) is 0.811. The first kappa shape index (κ1) is 10.8. The van der Waals surface area contributed by atoms with Gasteiger partial charge in [0.05, 0.1) is 0 Å². The highest BCUT2D eigenvalue weighted by molar-refractivity contribution is 6.23. The average Bonchev–Trinajstić information content (AvgIpc) is 2.38. The van der Waals surface area contributed by atoms with E-state index in [1.165, 1.54) is 0 Å². The summed E-state index contributed by atoms with van der Waals surface area (Å²) in [7, 11) is 0. The van der Waals surface area contributed by atoms with E-state index < -0.39 is 0 Å². The molecule has 2 nitrogen and oxygen atoms in total. The Bertz CT molecular complexity index is 427. The highest BCUT2D eigenvalue weighted by Gasteiger charge is 1.95. The van der Waals surface area contributed by atoms with Crippen LogP contribution in [0.4, 0.5) is 5.69 Å². The van der Waals surface area contributed by atoms with E-state index in [4.69, 9.17) is 16.5 Å². The molecule has 1 N–H and O–H groups in total. The lowest BCUT2D eigenvalue weighted by atomic mass is 10.2. The Morgan fingerprint density at radius 3 is 2.25 bits per heavy atom. The van der Waals surface area contributed by atoms with Gasteiger partial charge in [-0.2, -0.15) is 0 Å². The fourth-order valence-electron chi connectivity index (χ4n) is 1.36. The summed E-state index contributed by atoms with van der Waals surface area (Å²) in [6, 6.07) is 17.6. The molecule has 0 saturated heterocycles. The third-order valence-corrected chi connectivity index (χ3v) is 2.43.